The summed E-state index contributed by atoms with van der Waals surface area (Å²) in [5, 5.41) is 16.4. The molecule has 0 spiro atoms. The number of rotatable bonds is 6. The van der Waals surface area contributed by atoms with E-state index < -0.39 is 0 Å². The van der Waals surface area contributed by atoms with Gasteiger partial charge in [-0.2, -0.15) is 5.26 Å². The highest BCUT2D eigenvalue weighted by molar-refractivity contribution is 6.33. The van der Waals surface area contributed by atoms with Crippen molar-refractivity contribution in [2.75, 3.05) is 5.32 Å². The number of ether oxygens (including phenoxy) is 1. The van der Waals surface area contributed by atoms with Gasteiger partial charge >= 0.3 is 0 Å². The van der Waals surface area contributed by atoms with Gasteiger partial charge in [-0.1, -0.05) is 11.6 Å². The Labute approximate surface area is 165 Å². The lowest BCUT2D eigenvalue weighted by molar-refractivity contribution is 0.187. The van der Waals surface area contributed by atoms with Crippen molar-refractivity contribution in [1.82, 2.24) is 10.3 Å². The molecule has 0 amide bonds. The van der Waals surface area contributed by atoms with E-state index in [2.05, 4.69) is 35.5 Å². The van der Waals surface area contributed by atoms with Crippen molar-refractivity contribution in [3.63, 3.8) is 0 Å². The van der Waals surface area contributed by atoms with Crippen molar-refractivity contribution in [2.24, 2.45) is 0 Å². The van der Waals surface area contributed by atoms with Gasteiger partial charge in [0, 0.05) is 29.5 Å². The fourth-order valence-corrected chi connectivity index (χ4v) is 3.68. The van der Waals surface area contributed by atoms with Crippen LogP contribution in [-0.4, -0.2) is 23.2 Å². The van der Waals surface area contributed by atoms with Crippen LogP contribution in [0, 0.1) is 18.3 Å². The summed E-state index contributed by atoms with van der Waals surface area (Å²) in [4.78, 5) is 4.40. The highest BCUT2D eigenvalue weighted by Crippen LogP contribution is 2.31. The molecule has 5 nitrogen and oxygen atoms in total. The first kappa shape index (κ1) is 19.5. The lowest BCUT2D eigenvalue weighted by Gasteiger charge is -2.20. The van der Waals surface area contributed by atoms with Crippen LogP contribution in [0.3, 0.4) is 0 Å². The third kappa shape index (κ3) is 4.91. The first-order chi connectivity index (χ1) is 13.0. The van der Waals surface area contributed by atoms with Gasteiger partial charge in [0.05, 0.1) is 28.4 Å². The minimum absolute atomic E-state index is 0.0766. The van der Waals surface area contributed by atoms with E-state index in [9.17, 15) is 0 Å². The van der Waals surface area contributed by atoms with E-state index in [0.29, 0.717) is 28.5 Å². The van der Waals surface area contributed by atoms with Gasteiger partial charge in [0.15, 0.2) is 0 Å². The summed E-state index contributed by atoms with van der Waals surface area (Å²) in [6.45, 7) is 6.29. The molecule has 2 aromatic rings. The first-order valence-electron chi connectivity index (χ1n) is 9.31. The molecule has 6 heteroatoms. The quantitative estimate of drug-likeness (QED) is 0.736. The van der Waals surface area contributed by atoms with E-state index in [4.69, 9.17) is 21.6 Å². The van der Waals surface area contributed by atoms with Gasteiger partial charge in [0.2, 0.25) is 5.88 Å². The summed E-state index contributed by atoms with van der Waals surface area (Å²) in [6, 6.07) is 10.3. The number of nitrogens with zero attached hydrogens (tertiary/aromatic N) is 2. The fraction of sp³-hybridized carbons (Fsp3) is 0.429. The lowest BCUT2D eigenvalue weighted by Crippen LogP contribution is -2.31. The molecule has 1 aromatic carbocycles. The summed E-state index contributed by atoms with van der Waals surface area (Å²) in [5.41, 5.74) is 3.08. The largest absolute Gasteiger partial charge is 0.474 e. The number of hydrogen-bond donors (Lipinski definition) is 2. The molecular weight excluding hydrogens is 360 g/mol. The monoisotopic (exact) mass is 384 g/mol. The second-order valence-electron chi connectivity index (χ2n) is 7.23. The van der Waals surface area contributed by atoms with Crippen LogP contribution < -0.4 is 15.4 Å². The van der Waals surface area contributed by atoms with Gasteiger partial charge in [-0.05, 0) is 64.3 Å². The molecule has 1 aromatic heterocycles. The number of nitriles is 1. The van der Waals surface area contributed by atoms with E-state index in [-0.39, 0.29) is 6.10 Å². The zero-order valence-corrected chi connectivity index (χ0v) is 16.7. The summed E-state index contributed by atoms with van der Waals surface area (Å²) in [7, 11) is 0. The Morgan fingerprint density at radius 2 is 2.19 bits per heavy atom. The molecule has 2 N–H and O–H groups in total. The molecule has 1 aliphatic heterocycles. The van der Waals surface area contributed by atoms with Gasteiger partial charge in [-0.15, -0.1) is 0 Å². The Bertz CT molecular complexity index is 849. The molecule has 3 rings (SSSR count). The van der Waals surface area contributed by atoms with Crippen molar-refractivity contribution in [2.45, 2.75) is 58.2 Å². The number of nitrogens with one attached hydrogen (secondary N) is 2. The molecule has 3 unspecified atom stereocenters. The third-order valence-corrected chi connectivity index (χ3v) is 5.24. The molecule has 27 heavy (non-hydrogen) atoms. The lowest BCUT2D eigenvalue weighted by atomic mass is 10.1. The number of halogens is 1. The van der Waals surface area contributed by atoms with Crippen molar-refractivity contribution < 1.29 is 4.74 Å². The Morgan fingerprint density at radius 1 is 1.37 bits per heavy atom. The maximum atomic E-state index is 8.97. The molecule has 0 bridgehead atoms. The molecule has 1 aliphatic rings. The van der Waals surface area contributed by atoms with Gasteiger partial charge < -0.3 is 15.4 Å². The van der Waals surface area contributed by atoms with Crippen LogP contribution in [0.2, 0.25) is 5.02 Å². The van der Waals surface area contributed by atoms with E-state index in [0.717, 1.165) is 23.4 Å². The normalized spacial score (nSPS) is 20.1. The van der Waals surface area contributed by atoms with E-state index in [1.54, 1.807) is 24.4 Å². The van der Waals surface area contributed by atoms with Crippen LogP contribution >= 0.6 is 11.6 Å². The molecule has 1 saturated heterocycles. The van der Waals surface area contributed by atoms with Crippen LogP contribution in [0.25, 0.3) is 0 Å². The van der Waals surface area contributed by atoms with Crippen LogP contribution in [0.1, 0.15) is 44.2 Å². The molecule has 3 atom stereocenters. The SMILES string of the molecule is Cc1c(Nc2ccc(C#N)cc2Cl)ccnc1OC(C)CC1CCC(C)N1. The minimum atomic E-state index is 0.0766. The van der Waals surface area contributed by atoms with Gasteiger partial charge in [-0.3, -0.25) is 0 Å². The van der Waals surface area contributed by atoms with Crippen molar-refractivity contribution in [3.8, 4) is 11.9 Å². The maximum absolute atomic E-state index is 8.97. The first-order valence-corrected chi connectivity index (χ1v) is 9.69. The average Bonchev–Trinajstić information content (AvgIpc) is 3.04. The Morgan fingerprint density at radius 3 is 2.85 bits per heavy atom. The van der Waals surface area contributed by atoms with Gasteiger partial charge in [-0.25, -0.2) is 4.98 Å². The predicted octanol–water partition coefficient (Wildman–Crippen LogP) is 4.96. The second-order valence-corrected chi connectivity index (χ2v) is 7.63. The standard InChI is InChI=1S/C21H25ClN4O/c1-13-4-6-17(25-13)10-14(2)27-21-15(3)19(8-9-24-21)26-20-7-5-16(12-23)11-18(20)22/h5,7-9,11,13-14,17,25H,4,6,10H2,1-3H3,(H,24,26). The summed E-state index contributed by atoms with van der Waals surface area (Å²) in [5.74, 6) is 0.628. The van der Waals surface area contributed by atoms with Crippen LogP contribution in [0.5, 0.6) is 5.88 Å². The van der Waals surface area contributed by atoms with Crippen molar-refractivity contribution >= 4 is 23.0 Å². The highest BCUT2D eigenvalue weighted by Gasteiger charge is 2.23. The molecular formula is C21H25ClN4O. The third-order valence-electron chi connectivity index (χ3n) is 4.92. The van der Waals surface area contributed by atoms with E-state index >= 15 is 0 Å². The topological polar surface area (TPSA) is 70.0 Å². The zero-order valence-electron chi connectivity index (χ0n) is 15.9. The number of benzene rings is 1. The molecule has 2 heterocycles. The van der Waals surface area contributed by atoms with Crippen LogP contribution in [0.15, 0.2) is 30.5 Å². The average molecular weight is 385 g/mol. The molecule has 0 aliphatic carbocycles. The van der Waals surface area contributed by atoms with Crippen LogP contribution in [0.4, 0.5) is 11.4 Å². The summed E-state index contributed by atoms with van der Waals surface area (Å²) < 4.78 is 6.12. The second kappa shape index (κ2) is 8.60. The number of pyridine rings is 1. The Hall–Kier alpha value is -2.29. The number of aromatic nitrogens is 1. The predicted molar refractivity (Wildman–Crippen MR) is 109 cm³/mol. The number of hydrogen-bond acceptors (Lipinski definition) is 5. The smallest absolute Gasteiger partial charge is 0.218 e. The fourth-order valence-electron chi connectivity index (χ4n) is 3.45. The zero-order chi connectivity index (χ0) is 19.4. The molecule has 0 saturated carbocycles. The Kier molecular flexibility index (Phi) is 6.20. The Balaban J connectivity index is 1.69. The van der Waals surface area contributed by atoms with Gasteiger partial charge in [0.1, 0.15) is 0 Å². The molecule has 142 valence electrons. The number of anilines is 2. The van der Waals surface area contributed by atoms with Crippen molar-refractivity contribution in [1.29, 1.82) is 5.26 Å². The van der Waals surface area contributed by atoms with E-state index in [1.165, 1.54) is 12.8 Å². The highest BCUT2D eigenvalue weighted by atomic mass is 35.5. The van der Waals surface area contributed by atoms with E-state index in [1.807, 2.05) is 13.0 Å². The van der Waals surface area contributed by atoms with Crippen molar-refractivity contribution in [3.05, 3.63) is 46.6 Å². The molecule has 0 radical (unpaired) electrons. The summed E-state index contributed by atoms with van der Waals surface area (Å²) in [6.07, 6.45) is 5.18. The summed E-state index contributed by atoms with van der Waals surface area (Å²) >= 11 is 6.27. The van der Waals surface area contributed by atoms with Crippen LogP contribution in [-0.2, 0) is 0 Å². The maximum Gasteiger partial charge on any atom is 0.218 e. The minimum Gasteiger partial charge on any atom is -0.474 e. The van der Waals surface area contributed by atoms with Gasteiger partial charge in [0.25, 0.3) is 0 Å². The molecule has 1 fully saturated rings.